The highest BCUT2D eigenvalue weighted by Crippen LogP contribution is 2.27. The molecule has 0 heterocycles. The summed E-state index contributed by atoms with van der Waals surface area (Å²) in [5, 5.41) is 2.65. The van der Waals surface area contributed by atoms with Gasteiger partial charge in [-0.15, -0.1) is 0 Å². The van der Waals surface area contributed by atoms with E-state index in [1.54, 1.807) is 19.9 Å². The van der Waals surface area contributed by atoms with E-state index in [2.05, 4.69) is 10.0 Å². The van der Waals surface area contributed by atoms with Crippen molar-refractivity contribution in [2.75, 3.05) is 12.4 Å². The van der Waals surface area contributed by atoms with Crippen LogP contribution in [0.4, 0.5) is 5.69 Å². The third kappa shape index (κ3) is 5.44. The molecule has 6 nitrogen and oxygen atoms in total. The topological polar surface area (TPSA) is 84.5 Å². The number of rotatable bonds is 7. The summed E-state index contributed by atoms with van der Waals surface area (Å²) in [7, 11) is -2.22. The summed E-state index contributed by atoms with van der Waals surface area (Å²) in [5.74, 6) is -0.0199. The monoisotopic (exact) mass is 374 g/mol. The molecule has 1 amide bonds. The molecule has 26 heavy (non-hydrogen) atoms. The second-order valence-corrected chi connectivity index (χ2v) is 7.59. The molecule has 2 aromatic rings. The van der Waals surface area contributed by atoms with Gasteiger partial charge in [-0.05, 0) is 43.7 Å². The Hall–Kier alpha value is -2.64. The summed E-state index contributed by atoms with van der Waals surface area (Å²) in [6.45, 7) is 3.47. The predicted molar refractivity (Wildman–Crippen MR) is 103 cm³/mol. The van der Waals surface area contributed by atoms with Gasteiger partial charge in [0.15, 0.2) is 0 Å². The first-order valence-electron chi connectivity index (χ1n) is 8.06. The Morgan fingerprint density at radius 3 is 2.42 bits per heavy atom. The molecule has 138 valence electrons. The maximum atomic E-state index is 12.3. The van der Waals surface area contributed by atoms with E-state index in [1.807, 2.05) is 30.3 Å². The van der Waals surface area contributed by atoms with Gasteiger partial charge in [0.1, 0.15) is 5.75 Å². The number of methoxy groups -OCH3 is 1. The summed E-state index contributed by atoms with van der Waals surface area (Å²) in [5.41, 5.74) is 1.16. The maximum Gasteiger partial charge on any atom is 0.248 e. The quantitative estimate of drug-likeness (QED) is 0.730. The van der Waals surface area contributed by atoms with E-state index in [9.17, 15) is 13.2 Å². The van der Waals surface area contributed by atoms with E-state index in [0.29, 0.717) is 5.75 Å². The number of carbonyl (C=O) groups is 1. The van der Waals surface area contributed by atoms with Gasteiger partial charge in [-0.1, -0.05) is 30.3 Å². The Morgan fingerprint density at radius 2 is 1.81 bits per heavy atom. The fourth-order valence-electron chi connectivity index (χ4n) is 2.24. The summed E-state index contributed by atoms with van der Waals surface area (Å²) in [6, 6.07) is 13.4. The first-order chi connectivity index (χ1) is 12.3. The van der Waals surface area contributed by atoms with Crippen molar-refractivity contribution in [1.29, 1.82) is 0 Å². The molecule has 0 saturated carbocycles. The maximum absolute atomic E-state index is 12.3. The van der Waals surface area contributed by atoms with Crippen LogP contribution in [-0.4, -0.2) is 27.5 Å². The number of amides is 1. The molecule has 0 aliphatic heterocycles. The number of anilines is 1. The van der Waals surface area contributed by atoms with Crippen LogP contribution in [0.25, 0.3) is 6.08 Å². The van der Waals surface area contributed by atoms with Crippen LogP contribution >= 0.6 is 0 Å². The van der Waals surface area contributed by atoms with Crippen molar-refractivity contribution in [3.8, 4) is 5.75 Å². The van der Waals surface area contributed by atoms with E-state index < -0.39 is 15.9 Å². The summed E-state index contributed by atoms with van der Waals surface area (Å²) in [4.78, 5) is 12.2. The Labute approximate surface area is 153 Å². The van der Waals surface area contributed by atoms with Crippen LogP contribution in [0.15, 0.2) is 59.5 Å². The van der Waals surface area contributed by atoms with Crippen LogP contribution in [-0.2, 0) is 14.8 Å². The molecule has 0 spiro atoms. The van der Waals surface area contributed by atoms with E-state index in [0.717, 1.165) is 5.56 Å². The minimum atomic E-state index is -3.67. The lowest BCUT2D eigenvalue weighted by Crippen LogP contribution is -2.30. The molecular formula is C19H22N2O4S. The molecule has 0 radical (unpaired) electrons. The molecule has 0 bridgehead atoms. The van der Waals surface area contributed by atoms with Gasteiger partial charge in [-0.3, -0.25) is 4.79 Å². The van der Waals surface area contributed by atoms with Crippen molar-refractivity contribution in [2.24, 2.45) is 0 Å². The van der Waals surface area contributed by atoms with E-state index in [-0.39, 0.29) is 16.6 Å². The predicted octanol–water partition coefficient (Wildman–Crippen LogP) is 3.03. The average molecular weight is 374 g/mol. The molecule has 0 saturated heterocycles. The molecule has 0 aliphatic carbocycles. The minimum absolute atomic E-state index is 0.0503. The first-order valence-corrected chi connectivity index (χ1v) is 9.54. The lowest BCUT2D eigenvalue weighted by molar-refractivity contribution is -0.111. The molecule has 0 fully saturated rings. The van der Waals surface area contributed by atoms with Gasteiger partial charge in [0.2, 0.25) is 15.9 Å². The standard InChI is InChI=1S/C19H22N2O4S/c1-14(2)21-26(23,24)16-10-11-18(25-3)17(13-16)20-19(22)12-9-15-7-5-4-6-8-15/h4-14,21H,1-3H3,(H,20,22)/b12-9+. The first kappa shape index (κ1) is 19.7. The van der Waals surface area contributed by atoms with E-state index >= 15 is 0 Å². The Bertz CT molecular complexity index is 891. The van der Waals surface area contributed by atoms with Crippen molar-refractivity contribution in [2.45, 2.75) is 24.8 Å². The molecule has 0 atom stereocenters. The second kappa shape index (κ2) is 8.64. The van der Waals surface area contributed by atoms with Gasteiger partial charge < -0.3 is 10.1 Å². The molecule has 0 aliphatic rings. The van der Waals surface area contributed by atoms with Crippen molar-refractivity contribution in [3.05, 3.63) is 60.2 Å². The van der Waals surface area contributed by atoms with Crippen molar-refractivity contribution >= 4 is 27.7 Å². The minimum Gasteiger partial charge on any atom is -0.495 e. The van der Waals surface area contributed by atoms with E-state index in [4.69, 9.17) is 4.74 Å². The highest BCUT2D eigenvalue weighted by molar-refractivity contribution is 7.89. The fraction of sp³-hybridized carbons (Fsp3) is 0.211. The molecule has 0 unspecified atom stereocenters. The Kier molecular flexibility index (Phi) is 6.54. The number of carbonyl (C=O) groups excluding carboxylic acids is 1. The van der Waals surface area contributed by atoms with Crippen LogP contribution in [0.2, 0.25) is 0 Å². The third-order valence-electron chi connectivity index (χ3n) is 3.36. The van der Waals surface area contributed by atoms with Gasteiger partial charge in [0.25, 0.3) is 0 Å². The summed E-state index contributed by atoms with van der Waals surface area (Å²) in [6.07, 6.45) is 3.05. The molecule has 7 heteroatoms. The highest BCUT2D eigenvalue weighted by Gasteiger charge is 2.18. The van der Waals surface area contributed by atoms with Gasteiger partial charge in [-0.2, -0.15) is 0 Å². The van der Waals surface area contributed by atoms with Crippen LogP contribution in [0.3, 0.4) is 0 Å². The molecule has 2 aromatic carbocycles. The number of benzene rings is 2. The highest BCUT2D eigenvalue weighted by atomic mass is 32.2. The number of ether oxygens (including phenoxy) is 1. The Morgan fingerprint density at radius 1 is 1.12 bits per heavy atom. The van der Waals surface area contributed by atoms with Crippen LogP contribution in [0.5, 0.6) is 5.75 Å². The normalized spacial score (nSPS) is 11.7. The fourth-order valence-corrected chi connectivity index (χ4v) is 3.52. The van der Waals surface area contributed by atoms with Crippen molar-refractivity contribution < 1.29 is 17.9 Å². The number of hydrogen-bond acceptors (Lipinski definition) is 4. The number of hydrogen-bond donors (Lipinski definition) is 2. The van der Waals surface area contributed by atoms with Crippen LogP contribution in [0.1, 0.15) is 19.4 Å². The van der Waals surface area contributed by atoms with Gasteiger partial charge >= 0.3 is 0 Å². The smallest absolute Gasteiger partial charge is 0.248 e. The van der Waals surface area contributed by atoms with Crippen molar-refractivity contribution in [1.82, 2.24) is 4.72 Å². The third-order valence-corrected chi connectivity index (χ3v) is 5.01. The molecule has 0 aromatic heterocycles. The largest absolute Gasteiger partial charge is 0.495 e. The summed E-state index contributed by atoms with van der Waals surface area (Å²) >= 11 is 0. The molecular weight excluding hydrogens is 352 g/mol. The van der Waals surface area contributed by atoms with Crippen LogP contribution in [0, 0.1) is 0 Å². The average Bonchev–Trinajstić information content (AvgIpc) is 2.59. The van der Waals surface area contributed by atoms with Gasteiger partial charge in [0, 0.05) is 12.1 Å². The molecule has 2 N–H and O–H groups in total. The summed E-state index contributed by atoms with van der Waals surface area (Å²) < 4.78 is 32.3. The second-order valence-electron chi connectivity index (χ2n) is 5.87. The van der Waals surface area contributed by atoms with Gasteiger partial charge in [-0.25, -0.2) is 13.1 Å². The van der Waals surface area contributed by atoms with Gasteiger partial charge in [0.05, 0.1) is 17.7 Å². The Balaban J connectivity index is 2.23. The van der Waals surface area contributed by atoms with E-state index in [1.165, 1.54) is 31.4 Å². The molecule has 2 rings (SSSR count). The number of nitrogens with one attached hydrogen (secondary N) is 2. The zero-order chi connectivity index (χ0) is 19.2. The zero-order valence-electron chi connectivity index (χ0n) is 14.9. The van der Waals surface area contributed by atoms with Crippen LogP contribution < -0.4 is 14.8 Å². The number of sulfonamides is 1. The SMILES string of the molecule is COc1ccc(S(=O)(=O)NC(C)C)cc1NC(=O)/C=C/c1ccccc1. The lowest BCUT2D eigenvalue weighted by atomic mass is 10.2. The zero-order valence-corrected chi connectivity index (χ0v) is 15.7. The lowest BCUT2D eigenvalue weighted by Gasteiger charge is -2.13. The van der Waals surface area contributed by atoms with Crippen molar-refractivity contribution in [3.63, 3.8) is 0 Å².